The van der Waals surface area contributed by atoms with Gasteiger partial charge in [0.2, 0.25) is 10.0 Å². The van der Waals surface area contributed by atoms with Crippen molar-refractivity contribution in [2.75, 3.05) is 39.5 Å². The predicted octanol–water partition coefficient (Wildman–Crippen LogP) is 1.23. The molecule has 0 saturated heterocycles. The normalized spacial score (nSPS) is 11.8. The maximum Gasteiger partial charge on any atom is 0.275 e. The summed E-state index contributed by atoms with van der Waals surface area (Å²) in [7, 11) is -3.84. The number of amides is 1. The van der Waals surface area contributed by atoms with Gasteiger partial charge in [-0.3, -0.25) is 4.79 Å². The second kappa shape index (κ2) is 14.3. The molecule has 37 heavy (non-hydrogen) atoms. The first kappa shape index (κ1) is 29.8. The Morgan fingerprint density at radius 2 is 1.62 bits per heavy atom. The van der Waals surface area contributed by atoms with Gasteiger partial charge in [0.15, 0.2) is 23.3 Å². The van der Waals surface area contributed by atoms with Crippen molar-refractivity contribution < 1.29 is 36.2 Å². The standard InChI is InChI=1S/C23H29F2N5O6S/c1-15(22(31)30-23(27)28)12-16-13-19(24)21(20(25)14-16)36-17-2-4-18(5-3-17)37(32,33)29-7-9-35-11-10-34-8-6-26/h2-5,12-14,29H,6-11,26H2,1H3,(H4,27,28,30,31)/b15-12+. The summed E-state index contributed by atoms with van der Waals surface area (Å²) in [4.78, 5) is 15.0. The first-order valence-corrected chi connectivity index (χ1v) is 12.5. The molecule has 2 aromatic carbocycles. The molecule has 14 heteroatoms. The molecule has 0 bridgehead atoms. The van der Waals surface area contributed by atoms with E-state index in [9.17, 15) is 22.0 Å². The highest BCUT2D eigenvalue weighted by Crippen LogP contribution is 2.30. The largest absolute Gasteiger partial charge is 0.451 e. The number of nitrogens with one attached hydrogen (secondary N) is 1. The summed E-state index contributed by atoms with van der Waals surface area (Å²) in [5.74, 6) is -3.99. The quantitative estimate of drug-likeness (QED) is 0.118. The van der Waals surface area contributed by atoms with Crippen molar-refractivity contribution in [3.63, 3.8) is 0 Å². The number of benzene rings is 2. The molecule has 7 N–H and O–H groups in total. The van der Waals surface area contributed by atoms with Crippen molar-refractivity contribution in [1.29, 1.82) is 0 Å². The fourth-order valence-electron chi connectivity index (χ4n) is 2.82. The van der Waals surface area contributed by atoms with Gasteiger partial charge in [-0.2, -0.15) is 4.99 Å². The van der Waals surface area contributed by atoms with Gasteiger partial charge in [0, 0.05) is 18.7 Å². The van der Waals surface area contributed by atoms with Crippen LogP contribution in [0.15, 0.2) is 51.9 Å². The zero-order valence-corrected chi connectivity index (χ0v) is 20.9. The predicted molar refractivity (Wildman–Crippen MR) is 133 cm³/mol. The topological polar surface area (TPSA) is 181 Å². The monoisotopic (exact) mass is 541 g/mol. The molecule has 0 aliphatic heterocycles. The van der Waals surface area contributed by atoms with Crippen molar-refractivity contribution in [2.45, 2.75) is 11.8 Å². The molecule has 11 nitrogen and oxygen atoms in total. The highest BCUT2D eigenvalue weighted by molar-refractivity contribution is 7.89. The molecule has 0 aromatic heterocycles. The lowest BCUT2D eigenvalue weighted by atomic mass is 10.1. The Morgan fingerprint density at radius 1 is 1.03 bits per heavy atom. The molecular weight excluding hydrogens is 512 g/mol. The van der Waals surface area contributed by atoms with E-state index in [2.05, 4.69) is 9.71 Å². The molecule has 0 aliphatic rings. The molecule has 0 fully saturated rings. The van der Waals surface area contributed by atoms with Crippen LogP contribution in [0, 0.1) is 11.6 Å². The Labute approximate surface area is 213 Å². The molecule has 2 aromatic rings. The minimum absolute atomic E-state index is 0.0000267. The van der Waals surface area contributed by atoms with Crippen LogP contribution in [0.2, 0.25) is 0 Å². The van der Waals surface area contributed by atoms with Gasteiger partial charge < -0.3 is 31.4 Å². The number of guanidine groups is 1. The molecule has 1 amide bonds. The number of halogens is 2. The highest BCUT2D eigenvalue weighted by atomic mass is 32.2. The van der Waals surface area contributed by atoms with Crippen LogP contribution in [-0.2, 0) is 24.3 Å². The first-order chi connectivity index (χ1) is 17.5. The van der Waals surface area contributed by atoms with E-state index >= 15 is 0 Å². The molecular formula is C23H29F2N5O6S. The summed E-state index contributed by atoms with van der Waals surface area (Å²) >= 11 is 0. The summed E-state index contributed by atoms with van der Waals surface area (Å²) in [6.07, 6.45) is 1.21. The molecule has 0 aliphatic carbocycles. The van der Waals surface area contributed by atoms with Crippen molar-refractivity contribution in [1.82, 2.24) is 4.72 Å². The van der Waals surface area contributed by atoms with E-state index in [1.54, 1.807) is 0 Å². The molecule has 0 spiro atoms. The zero-order chi connectivity index (χ0) is 27.4. The number of carbonyl (C=O) groups excluding carboxylic acids is 1. The Bertz CT molecular complexity index is 1210. The summed E-state index contributed by atoms with van der Waals surface area (Å²) in [6, 6.07) is 6.88. The van der Waals surface area contributed by atoms with Gasteiger partial charge in [0.25, 0.3) is 5.91 Å². The second-order valence-corrected chi connectivity index (χ2v) is 9.23. The van der Waals surface area contributed by atoms with Crippen molar-refractivity contribution in [2.24, 2.45) is 22.2 Å². The van der Waals surface area contributed by atoms with E-state index in [0.717, 1.165) is 12.1 Å². The zero-order valence-electron chi connectivity index (χ0n) is 20.1. The van der Waals surface area contributed by atoms with Crippen molar-refractivity contribution in [3.05, 3.63) is 59.2 Å². The van der Waals surface area contributed by atoms with E-state index in [-0.39, 0.29) is 34.9 Å². The average Bonchev–Trinajstić information content (AvgIpc) is 2.83. The van der Waals surface area contributed by atoms with Crippen LogP contribution in [0.5, 0.6) is 11.5 Å². The van der Waals surface area contributed by atoms with E-state index in [0.29, 0.717) is 26.4 Å². The molecule has 0 atom stereocenters. The summed E-state index contributed by atoms with van der Waals surface area (Å²) < 4.78 is 71.9. The number of carbonyl (C=O) groups is 1. The van der Waals surface area contributed by atoms with Crippen LogP contribution in [0.3, 0.4) is 0 Å². The number of rotatable bonds is 14. The van der Waals surface area contributed by atoms with Crippen LogP contribution in [-0.4, -0.2) is 59.8 Å². The van der Waals surface area contributed by atoms with Gasteiger partial charge in [0.1, 0.15) is 5.75 Å². The molecule has 0 radical (unpaired) electrons. The van der Waals surface area contributed by atoms with Crippen LogP contribution >= 0.6 is 0 Å². The van der Waals surface area contributed by atoms with E-state index in [1.807, 2.05) is 0 Å². The first-order valence-electron chi connectivity index (χ1n) is 11.0. The number of hydrogen-bond acceptors (Lipinski definition) is 7. The van der Waals surface area contributed by atoms with Crippen LogP contribution in [0.25, 0.3) is 6.08 Å². The maximum atomic E-state index is 14.5. The van der Waals surface area contributed by atoms with Gasteiger partial charge in [-0.1, -0.05) is 0 Å². The number of ether oxygens (including phenoxy) is 3. The van der Waals surface area contributed by atoms with Crippen molar-refractivity contribution >= 4 is 28.0 Å². The lowest BCUT2D eigenvalue weighted by molar-refractivity contribution is -0.114. The number of sulfonamides is 1. The molecule has 2 rings (SSSR count). The van der Waals surface area contributed by atoms with E-state index in [4.69, 9.17) is 31.4 Å². The minimum atomic E-state index is -3.84. The molecule has 0 saturated carbocycles. The Balaban J connectivity index is 2.00. The van der Waals surface area contributed by atoms with Crippen LogP contribution < -0.4 is 26.7 Å². The Hall–Kier alpha value is -3.43. The third kappa shape index (κ3) is 9.86. The maximum absolute atomic E-state index is 14.5. The summed E-state index contributed by atoms with van der Waals surface area (Å²) in [5, 5.41) is 0. The SMILES string of the molecule is C/C(=C\c1cc(F)c(Oc2ccc(S(=O)(=O)NCCOCCOCCN)cc2)c(F)c1)C(=O)N=C(N)N. The van der Waals surface area contributed by atoms with E-state index < -0.39 is 39.3 Å². The second-order valence-electron chi connectivity index (χ2n) is 7.47. The van der Waals surface area contributed by atoms with Gasteiger partial charge >= 0.3 is 0 Å². The fraction of sp³-hybridized carbons (Fsp3) is 0.304. The van der Waals surface area contributed by atoms with Gasteiger partial charge in [0.05, 0.1) is 31.3 Å². The summed E-state index contributed by atoms with van der Waals surface area (Å²) in [5.41, 5.74) is 15.7. The van der Waals surface area contributed by atoms with E-state index in [1.165, 1.54) is 37.3 Å². The fourth-order valence-corrected chi connectivity index (χ4v) is 3.83. The minimum Gasteiger partial charge on any atom is -0.451 e. The third-order valence-corrected chi connectivity index (χ3v) is 5.98. The van der Waals surface area contributed by atoms with Gasteiger partial charge in [-0.15, -0.1) is 0 Å². The third-order valence-electron chi connectivity index (χ3n) is 4.50. The highest BCUT2D eigenvalue weighted by Gasteiger charge is 2.16. The summed E-state index contributed by atoms with van der Waals surface area (Å²) in [6.45, 7) is 3.03. The lowest BCUT2D eigenvalue weighted by Crippen LogP contribution is -2.27. The average molecular weight is 542 g/mol. The molecule has 0 heterocycles. The number of aliphatic imine (C=N–C) groups is 1. The lowest BCUT2D eigenvalue weighted by Gasteiger charge is -2.11. The Morgan fingerprint density at radius 3 is 2.19 bits per heavy atom. The Kier molecular flexibility index (Phi) is 11.6. The smallest absolute Gasteiger partial charge is 0.275 e. The van der Waals surface area contributed by atoms with Gasteiger partial charge in [-0.25, -0.2) is 21.9 Å². The van der Waals surface area contributed by atoms with Crippen LogP contribution in [0.1, 0.15) is 12.5 Å². The number of nitrogens with zero attached hydrogens (tertiary/aromatic N) is 1. The van der Waals surface area contributed by atoms with Crippen LogP contribution in [0.4, 0.5) is 8.78 Å². The van der Waals surface area contributed by atoms with Crippen molar-refractivity contribution in [3.8, 4) is 11.5 Å². The molecule has 0 unspecified atom stereocenters. The molecule has 202 valence electrons. The van der Waals surface area contributed by atoms with Gasteiger partial charge in [-0.05, 0) is 55.0 Å². The number of nitrogens with two attached hydrogens (primary N) is 3. The number of hydrogen-bond donors (Lipinski definition) is 4.